The van der Waals surface area contributed by atoms with E-state index in [4.69, 9.17) is 5.73 Å². The van der Waals surface area contributed by atoms with Crippen LogP contribution in [0.15, 0.2) is 53.0 Å². The molecule has 0 aliphatic heterocycles. The number of nitrogens with zero attached hydrogens (tertiary/aromatic N) is 3. The van der Waals surface area contributed by atoms with Crippen molar-refractivity contribution in [2.75, 3.05) is 5.32 Å². The molecule has 0 saturated heterocycles. The van der Waals surface area contributed by atoms with Crippen molar-refractivity contribution in [3.05, 3.63) is 86.8 Å². The number of rotatable bonds is 6. The first-order chi connectivity index (χ1) is 17.0. The Morgan fingerprint density at radius 2 is 1.75 bits per heavy atom. The number of alkyl halides is 3. The number of anilines is 1. The summed E-state index contributed by atoms with van der Waals surface area (Å²) in [5, 5.41) is 6.47. The van der Waals surface area contributed by atoms with Gasteiger partial charge in [-0.2, -0.15) is 18.3 Å². The summed E-state index contributed by atoms with van der Waals surface area (Å²) < 4.78 is 43.5. The van der Waals surface area contributed by atoms with Crippen LogP contribution in [0.3, 0.4) is 0 Å². The van der Waals surface area contributed by atoms with E-state index in [2.05, 4.69) is 31.3 Å². The van der Waals surface area contributed by atoms with Crippen LogP contribution in [0.25, 0.3) is 10.9 Å². The number of nitrogens with two attached hydrogens (primary N) is 1. The molecule has 4 rings (SSSR count). The third-order valence-electron chi connectivity index (χ3n) is 5.74. The lowest BCUT2D eigenvalue weighted by Crippen LogP contribution is -2.19. The quantitative estimate of drug-likeness (QED) is 0.326. The van der Waals surface area contributed by atoms with E-state index in [0.717, 1.165) is 23.6 Å². The number of hydrogen-bond acceptors (Lipinski definition) is 4. The van der Waals surface area contributed by atoms with Gasteiger partial charge in [-0.05, 0) is 48.7 Å². The van der Waals surface area contributed by atoms with Crippen LogP contribution < -0.4 is 11.1 Å². The maximum Gasteiger partial charge on any atom is 0.437 e. The number of aromatic nitrogens is 3. The number of hydrogen-bond donors (Lipinski definition) is 2. The summed E-state index contributed by atoms with van der Waals surface area (Å²) >= 11 is 3.31. The van der Waals surface area contributed by atoms with Crippen molar-refractivity contribution in [1.29, 1.82) is 0 Å². The Hall–Kier alpha value is -3.73. The number of halogens is 4. The van der Waals surface area contributed by atoms with Gasteiger partial charge in [0.15, 0.2) is 5.69 Å². The molecule has 0 fully saturated rings. The second-order valence-electron chi connectivity index (χ2n) is 8.17. The van der Waals surface area contributed by atoms with Crippen molar-refractivity contribution < 1.29 is 22.8 Å². The number of fused-ring (bicyclic) bond motifs is 1. The first-order valence-electron chi connectivity index (χ1n) is 10.9. The zero-order valence-corrected chi connectivity index (χ0v) is 20.9. The number of benzene rings is 2. The summed E-state index contributed by atoms with van der Waals surface area (Å²) in [4.78, 5) is 29.2. The lowest BCUT2D eigenvalue weighted by Gasteiger charge is -2.12. The Morgan fingerprint density at radius 1 is 1.08 bits per heavy atom. The molecule has 2 aromatic carbocycles. The van der Waals surface area contributed by atoms with Gasteiger partial charge in [0.25, 0.3) is 11.8 Å². The van der Waals surface area contributed by atoms with Crippen LogP contribution in [0.2, 0.25) is 0 Å². The molecule has 4 aromatic rings. The molecule has 0 aliphatic carbocycles. The molecule has 0 spiro atoms. The average Bonchev–Trinajstić information content (AvgIpc) is 3.14. The summed E-state index contributed by atoms with van der Waals surface area (Å²) in [6, 6.07) is 13.4. The molecule has 3 N–H and O–H groups in total. The number of amides is 2. The van der Waals surface area contributed by atoms with E-state index in [1.807, 2.05) is 31.2 Å². The third kappa shape index (κ3) is 5.11. The number of pyridine rings is 1. The molecule has 0 atom stereocenters. The Bertz CT molecular complexity index is 1480. The van der Waals surface area contributed by atoms with Crippen molar-refractivity contribution in [3.63, 3.8) is 0 Å². The molecular formula is C25H21BrF3N5O2. The van der Waals surface area contributed by atoms with Crippen molar-refractivity contribution in [3.8, 4) is 0 Å². The number of primary amides is 1. The van der Waals surface area contributed by atoms with Gasteiger partial charge in [-0.1, -0.05) is 47.1 Å². The smallest absolute Gasteiger partial charge is 0.364 e. The van der Waals surface area contributed by atoms with Crippen molar-refractivity contribution in [1.82, 2.24) is 14.8 Å². The molecule has 0 aliphatic rings. The van der Waals surface area contributed by atoms with Gasteiger partial charge in [-0.3, -0.25) is 14.3 Å². The zero-order chi connectivity index (χ0) is 26.2. The number of aryl methyl sites for hydroxylation is 1. The minimum atomic E-state index is -4.81. The monoisotopic (exact) mass is 559 g/mol. The highest BCUT2D eigenvalue weighted by Crippen LogP contribution is 2.36. The first-order valence-corrected chi connectivity index (χ1v) is 11.7. The lowest BCUT2D eigenvalue weighted by molar-refractivity contribution is -0.140. The van der Waals surface area contributed by atoms with Gasteiger partial charge in [0.1, 0.15) is 5.69 Å². The highest BCUT2D eigenvalue weighted by Gasteiger charge is 2.39. The molecule has 7 nitrogen and oxygen atoms in total. The van der Waals surface area contributed by atoms with Gasteiger partial charge in [-0.15, -0.1) is 0 Å². The molecular weight excluding hydrogens is 539 g/mol. The van der Waals surface area contributed by atoms with Gasteiger partial charge in [0.05, 0.1) is 29.0 Å². The van der Waals surface area contributed by atoms with Gasteiger partial charge in [0, 0.05) is 9.86 Å². The van der Waals surface area contributed by atoms with E-state index < -0.39 is 29.4 Å². The van der Waals surface area contributed by atoms with Crippen LogP contribution in [0.5, 0.6) is 0 Å². The van der Waals surface area contributed by atoms with E-state index in [9.17, 15) is 22.8 Å². The lowest BCUT2D eigenvalue weighted by atomic mass is 10.1. The maximum atomic E-state index is 13.9. The zero-order valence-electron chi connectivity index (χ0n) is 19.3. The molecule has 186 valence electrons. The molecule has 36 heavy (non-hydrogen) atoms. The Kier molecular flexibility index (Phi) is 6.85. The standard InChI is InChI=1S/C25H21BrF3N5O2/c1-3-14-4-6-15(7-5-14)12-34-13(2)21(22(33-34)25(27,28)29)32-24(36)18-11-20(23(30)35)31-19-9-8-16(26)10-17(18)19/h4-11H,3,12H2,1-2H3,(H2,30,35)(H,32,36). The van der Waals surface area contributed by atoms with Crippen LogP contribution in [0.1, 0.15) is 50.3 Å². The van der Waals surface area contributed by atoms with Gasteiger partial charge in [-0.25, -0.2) is 4.98 Å². The summed E-state index contributed by atoms with van der Waals surface area (Å²) in [6.45, 7) is 3.55. The molecule has 2 aromatic heterocycles. The van der Waals surface area contributed by atoms with E-state index in [1.165, 1.54) is 11.6 Å². The topological polar surface area (TPSA) is 103 Å². The van der Waals surface area contributed by atoms with Crippen molar-refractivity contribution in [2.24, 2.45) is 5.73 Å². The highest BCUT2D eigenvalue weighted by molar-refractivity contribution is 9.10. The van der Waals surface area contributed by atoms with Crippen molar-refractivity contribution in [2.45, 2.75) is 33.0 Å². The molecule has 2 amide bonds. The Balaban J connectivity index is 1.76. The Morgan fingerprint density at radius 3 is 2.36 bits per heavy atom. The fraction of sp³-hybridized carbons (Fsp3) is 0.200. The van der Waals surface area contributed by atoms with Crippen molar-refractivity contribution >= 4 is 44.3 Å². The van der Waals surface area contributed by atoms with E-state index in [-0.39, 0.29) is 23.5 Å². The summed E-state index contributed by atoms with van der Waals surface area (Å²) in [6.07, 6.45) is -3.97. The highest BCUT2D eigenvalue weighted by atomic mass is 79.9. The van der Waals surface area contributed by atoms with E-state index in [1.54, 1.807) is 18.2 Å². The first kappa shape index (κ1) is 25.4. The molecule has 0 radical (unpaired) electrons. The normalized spacial score (nSPS) is 11.6. The fourth-order valence-corrected chi connectivity index (χ4v) is 4.16. The second-order valence-corrected chi connectivity index (χ2v) is 9.09. The largest absolute Gasteiger partial charge is 0.437 e. The molecule has 0 unspecified atom stereocenters. The maximum absolute atomic E-state index is 13.9. The summed E-state index contributed by atoms with van der Waals surface area (Å²) in [5.41, 5.74) is 5.73. The molecule has 0 bridgehead atoms. The van der Waals surface area contributed by atoms with Crippen LogP contribution in [0.4, 0.5) is 18.9 Å². The minimum Gasteiger partial charge on any atom is -0.364 e. The van der Waals surface area contributed by atoms with E-state index >= 15 is 0 Å². The second kappa shape index (κ2) is 9.73. The van der Waals surface area contributed by atoms with Gasteiger partial charge >= 0.3 is 6.18 Å². The predicted molar refractivity (Wildman–Crippen MR) is 133 cm³/mol. The van der Waals surface area contributed by atoms with E-state index in [0.29, 0.717) is 15.4 Å². The minimum absolute atomic E-state index is 0.0504. The fourth-order valence-electron chi connectivity index (χ4n) is 3.79. The van der Waals surface area contributed by atoms with Crippen LogP contribution in [-0.2, 0) is 19.1 Å². The predicted octanol–water partition coefficient (Wildman–Crippen LogP) is 5.48. The number of carbonyl (C=O) groups is 2. The van der Waals surface area contributed by atoms with Crippen LogP contribution in [0, 0.1) is 6.92 Å². The van der Waals surface area contributed by atoms with Gasteiger partial charge in [0.2, 0.25) is 0 Å². The third-order valence-corrected chi connectivity index (χ3v) is 6.24. The SMILES string of the molecule is CCc1ccc(Cn2nc(C(F)(F)F)c(NC(=O)c3cc(C(N)=O)nc4ccc(Br)cc34)c2C)cc1. The number of carbonyl (C=O) groups excluding carboxylic acids is 2. The van der Waals surface area contributed by atoms with Crippen LogP contribution in [-0.4, -0.2) is 26.6 Å². The van der Waals surface area contributed by atoms with Gasteiger partial charge < -0.3 is 11.1 Å². The molecule has 11 heteroatoms. The Labute approximate surface area is 212 Å². The van der Waals surface area contributed by atoms with Crippen LogP contribution >= 0.6 is 15.9 Å². The summed E-state index contributed by atoms with van der Waals surface area (Å²) in [7, 11) is 0. The number of nitrogens with one attached hydrogen (secondary N) is 1. The molecule has 2 heterocycles. The molecule has 0 saturated carbocycles. The summed E-state index contributed by atoms with van der Waals surface area (Å²) in [5.74, 6) is -1.73. The average molecular weight is 560 g/mol.